The molecule has 3 aromatic carbocycles. The monoisotopic (exact) mass is 519 g/mol. The van der Waals surface area contributed by atoms with Crippen LogP contribution in [0.25, 0.3) is 10.8 Å². The highest BCUT2D eigenvalue weighted by Gasteiger charge is 2.25. The molecule has 3 aromatic rings. The number of ether oxygens (including phenoxy) is 1. The molecule has 0 aromatic heterocycles. The fourth-order valence-corrected chi connectivity index (χ4v) is 5.31. The first-order valence-corrected chi connectivity index (χ1v) is 14.4. The zero-order chi connectivity index (χ0) is 25.9. The fraction of sp³-hybridized carbons (Fsp3) is 0.400. The van der Waals surface area contributed by atoms with Crippen LogP contribution in [0.15, 0.2) is 72.8 Å². The van der Waals surface area contributed by atoms with Gasteiger partial charge in [-0.3, -0.25) is 9.69 Å². The first-order chi connectivity index (χ1) is 18.1. The normalized spacial score (nSPS) is 16.1. The number of thioether (sulfide) groups is 1. The average Bonchev–Trinajstić information content (AvgIpc) is 3.43. The molecular weight excluding hydrogens is 482 g/mol. The smallest absolute Gasteiger partial charge is 0.329 e. The maximum Gasteiger partial charge on any atom is 0.329 e. The molecule has 0 unspecified atom stereocenters. The van der Waals surface area contributed by atoms with Crippen molar-refractivity contribution >= 4 is 34.4 Å². The number of amides is 1. The summed E-state index contributed by atoms with van der Waals surface area (Å²) in [6, 6.07) is 24.0. The highest BCUT2D eigenvalue weighted by Crippen LogP contribution is 2.21. The molecule has 1 heterocycles. The van der Waals surface area contributed by atoms with Crippen molar-refractivity contribution in [2.75, 3.05) is 31.6 Å². The molecule has 0 aliphatic carbocycles. The van der Waals surface area contributed by atoms with Crippen molar-refractivity contribution in [1.29, 1.82) is 0 Å². The molecule has 0 spiro atoms. The number of nitrogens with zero attached hydrogens (tertiary/aromatic N) is 1. The van der Waals surface area contributed by atoms with Gasteiger partial charge in [-0.15, -0.1) is 0 Å². The number of rotatable bonds is 13. The Hall–Kier alpha value is -2.87. The van der Waals surface area contributed by atoms with Crippen molar-refractivity contribution in [3.63, 3.8) is 0 Å². The van der Waals surface area contributed by atoms with Crippen molar-refractivity contribution in [3.05, 3.63) is 83.9 Å². The van der Waals surface area contributed by atoms with Crippen LogP contribution in [-0.2, 0) is 27.5 Å². The third kappa shape index (κ3) is 8.32. The van der Waals surface area contributed by atoms with Gasteiger partial charge in [0.25, 0.3) is 0 Å². The minimum absolute atomic E-state index is 0.152. The second-order valence-corrected chi connectivity index (χ2v) is 10.6. The first kappa shape index (κ1) is 27.2. The lowest BCUT2D eigenvalue weighted by Crippen LogP contribution is -2.48. The summed E-state index contributed by atoms with van der Waals surface area (Å²) in [6.07, 6.45) is 4.79. The van der Waals surface area contributed by atoms with Crippen LogP contribution in [0.1, 0.15) is 30.4 Å². The Balaban J connectivity index is 1.42. The van der Waals surface area contributed by atoms with Crippen molar-refractivity contribution in [1.82, 2.24) is 15.5 Å². The van der Waals surface area contributed by atoms with Crippen LogP contribution in [0.2, 0.25) is 0 Å². The SMILES string of the molecule is CSCC[C@H](NC(=O)CN(Cc1cccc2ccccc12)C[C@@H]1CCCN1)C(=O)OCc1ccccc1. The van der Waals surface area contributed by atoms with Gasteiger partial charge in [0.05, 0.1) is 6.54 Å². The Kier molecular flexibility index (Phi) is 10.4. The molecule has 1 amide bonds. The molecule has 0 bridgehead atoms. The molecule has 1 aliphatic rings. The van der Waals surface area contributed by atoms with Gasteiger partial charge in [0, 0.05) is 19.1 Å². The minimum Gasteiger partial charge on any atom is -0.459 e. The maximum absolute atomic E-state index is 13.2. The second kappa shape index (κ2) is 14.2. The highest BCUT2D eigenvalue weighted by atomic mass is 32.2. The van der Waals surface area contributed by atoms with Gasteiger partial charge in [-0.2, -0.15) is 11.8 Å². The van der Waals surface area contributed by atoms with E-state index in [-0.39, 0.29) is 25.0 Å². The lowest BCUT2D eigenvalue weighted by molar-refractivity contribution is -0.149. The van der Waals surface area contributed by atoms with E-state index in [1.54, 1.807) is 11.8 Å². The van der Waals surface area contributed by atoms with Crippen LogP contribution in [0.5, 0.6) is 0 Å². The quantitative estimate of drug-likeness (QED) is 0.327. The van der Waals surface area contributed by atoms with Crippen molar-refractivity contribution < 1.29 is 14.3 Å². The molecular formula is C30H37N3O3S. The van der Waals surface area contributed by atoms with Crippen molar-refractivity contribution in [2.45, 2.75) is 44.5 Å². The summed E-state index contributed by atoms with van der Waals surface area (Å²) in [7, 11) is 0. The molecule has 2 N–H and O–H groups in total. The Morgan fingerprint density at radius 3 is 2.65 bits per heavy atom. The molecule has 37 heavy (non-hydrogen) atoms. The molecule has 4 rings (SSSR count). The predicted octanol–water partition coefficient (Wildman–Crippen LogP) is 4.38. The van der Waals surface area contributed by atoms with Gasteiger partial charge in [0.1, 0.15) is 12.6 Å². The van der Waals surface area contributed by atoms with Crippen molar-refractivity contribution in [3.8, 4) is 0 Å². The number of hydrogen-bond donors (Lipinski definition) is 2. The van der Waals surface area contributed by atoms with Gasteiger partial charge in [-0.05, 0) is 59.7 Å². The second-order valence-electron chi connectivity index (χ2n) is 9.60. The molecule has 0 radical (unpaired) electrons. The van der Waals surface area contributed by atoms with Crippen LogP contribution < -0.4 is 10.6 Å². The summed E-state index contributed by atoms with van der Waals surface area (Å²) in [5, 5.41) is 8.93. The largest absolute Gasteiger partial charge is 0.459 e. The number of fused-ring (bicyclic) bond motifs is 1. The molecule has 1 aliphatic heterocycles. The summed E-state index contributed by atoms with van der Waals surface area (Å²) in [6.45, 7) is 2.89. The van der Waals surface area contributed by atoms with E-state index in [0.717, 1.165) is 37.2 Å². The Labute approximate surface area is 224 Å². The van der Waals surface area contributed by atoms with Gasteiger partial charge >= 0.3 is 5.97 Å². The summed E-state index contributed by atoms with van der Waals surface area (Å²) in [4.78, 5) is 28.3. The summed E-state index contributed by atoms with van der Waals surface area (Å²) in [5.41, 5.74) is 2.13. The van der Waals surface area contributed by atoms with E-state index >= 15 is 0 Å². The van der Waals surface area contributed by atoms with E-state index in [4.69, 9.17) is 4.74 Å². The maximum atomic E-state index is 13.2. The fourth-order valence-electron chi connectivity index (χ4n) is 4.84. The predicted molar refractivity (Wildman–Crippen MR) is 151 cm³/mol. The number of benzene rings is 3. The van der Waals surface area contributed by atoms with E-state index in [0.29, 0.717) is 19.0 Å². The van der Waals surface area contributed by atoms with Gasteiger partial charge in [-0.1, -0.05) is 72.8 Å². The first-order valence-electron chi connectivity index (χ1n) is 13.0. The van der Waals surface area contributed by atoms with E-state index in [2.05, 4.69) is 51.9 Å². The van der Waals surface area contributed by atoms with Gasteiger partial charge in [0.15, 0.2) is 0 Å². The van der Waals surface area contributed by atoms with Gasteiger partial charge in [-0.25, -0.2) is 4.79 Å². The van der Waals surface area contributed by atoms with E-state index in [1.165, 1.54) is 16.3 Å². The zero-order valence-electron chi connectivity index (χ0n) is 21.5. The molecule has 7 heteroatoms. The van der Waals surface area contributed by atoms with Gasteiger partial charge in [0.2, 0.25) is 5.91 Å². The van der Waals surface area contributed by atoms with E-state index in [9.17, 15) is 9.59 Å². The van der Waals surface area contributed by atoms with Crippen LogP contribution in [0, 0.1) is 0 Å². The van der Waals surface area contributed by atoms with E-state index < -0.39 is 6.04 Å². The summed E-state index contributed by atoms with van der Waals surface area (Å²) >= 11 is 1.65. The van der Waals surface area contributed by atoms with Crippen LogP contribution >= 0.6 is 11.8 Å². The number of nitrogens with one attached hydrogen (secondary N) is 2. The third-order valence-electron chi connectivity index (χ3n) is 6.74. The molecule has 6 nitrogen and oxygen atoms in total. The molecule has 2 atom stereocenters. The topological polar surface area (TPSA) is 70.7 Å². The summed E-state index contributed by atoms with van der Waals surface area (Å²) in [5.74, 6) is 0.224. The van der Waals surface area contributed by atoms with Gasteiger partial charge < -0.3 is 15.4 Å². The summed E-state index contributed by atoms with van der Waals surface area (Å²) < 4.78 is 5.56. The molecule has 0 saturated carbocycles. The highest BCUT2D eigenvalue weighted by molar-refractivity contribution is 7.98. The Morgan fingerprint density at radius 2 is 1.86 bits per heavy atom. The minimum atomic E-state index is -0.660. The third-order valence-corrected chi connectivity index (χ3v) is 7.38. The number of carbonyl (C=O) groups excluding carboxylic acids is 2. The van der Waals surface area contributed by atoms with E-state index in [1.807, 2.05) is 42.7 Å². The molecule has 1 saturated heterocycles. The standard InChI is InChI=1S/C30H37N3O3S/c1-37-18-16-28(30(35)36-22-23-9-3-2-4-10-23)32-29(34)21-33(20-26-14-8-17-31-26)19-25-13-7-12-24-11-5-6-15-27(24)25/h2-7,9-13,15,26,28,31H,8,14,16-22H2,1H3,(H,32,34)/t26-,28-/m0/s1. The van der Waals surface area contributed by atoms with Crippen LogP contribution in [0.4, 0.5) is 0 Å². The number of carbonyl (C=O) groups is 2. The number of esters is 1. The van der Waals surface area contributed by atoms with Crippen molar-refractivity contribution in [2.24, 2.45) is 0 Å². The van der Waals surface area contributed by atoms with Crippen LogP contribution in [0.3, 0.4) is 0 Å². The average molecular weight is 520 g/mol. The lowest BCUT2D eigenvalue weighted by atomic mass is 10.0. The Bertz CT molecular complexity index is 1150. The lowest BCUT2D eigenvalue weighted by Gasteiger charge is -2.27. The van der Waals surface area contributed by atoms with Crippen LogP contribution in [-0.4, -0.2) is 60.5 Å². The zero-order valence-corrected chi connectivity index (χ0v) is 22.3. The Morgan fingerprint density at radius 1 is 1.08 bits per heavy atom. The number of hydrogen-bond acceptors (Lipinski definition) is 6. The molecule has 1 fully saturated rings. The molecule has 196 valence electrons.